The second kappa shape index (κ2) is 6.79. The molecule has 1 amide bonds. The summed E-state index contributed by atoms with van der Waals surface area (Å²) in [5.41, 5.74) is 1.92. The molecule has 0 saturated heterocycles. The normalized spacial score (nSPS) is 9.85. The smallest absolute Gasteiger partial charge is 0.257 e. The van der Waals surface area contributed by atoms with Gasteiger partial charge >= 0.3 is 0 Å². The van der Waals surface area contributed by atoms with Crippen molar-refractivity contribution >= 4 is 28.9 Å². The van der Waals surface area contributed by atoms with E-state index in [4.69, 9.17) is 12.2 Å². The molecule has 0 atom stereocenters. The Morgan fingerprint density at radius 1 is 1.05 bits per heavy atom. The molecule has 2 aromatic carbocycles. The molecular formula is C15H14N2O2S. The van der Waals surface area contributed by atoms with Crippen LogP contribution in [0, 0.1) is 0 Å². The SMILES string of the molecule is O=C(NC(=S)Nc1ccccc1CO)c1ccccc1. The van der Waals surface area contributed by atoms with Gasteiger partial charge in [-0.3, -0.25) is 10.1 Å². The largest absolute Gasteiger partial charge is 0.392 e. The minimum absolute atomic E-state index is 0.0988. The fraction of sp³-hybridized carbons (Fsp3) is 0.0667. The molecule has 0 spiro atoms. The monoisotopic (exact) mass is 286 g/mol. The Balaban J connectivity index is 2.01. The highest BCUT2D eigenvalue weighted by Crippen LogP contribution is 2.14. The molecule has 0 aliphatic heterocycles. The van der Waals surface area contributed by atoms with E-state index in [9.17, 15) is 9.90 Å². The van der Waals surface area contributed by atoms with Crippen LogP contribution in [0.4, 0.5) is 5.69 Å². The summed E-state index contributed by atoms with van der Waals surface area (Å²) in [6.07, 6.45) is 0. The Bertz CT molecular complexity index is 614. The van der Waals surface area contributed by atoms with Crippen LogP contribution in [0.2, 0.25) is 0 Å². The molecule has 0 bridgehead atoms. The van der Waals surface area contributed by atoms with Crippen LogP contribution in [-0.4, -0.2) is 16.1 Å². The second-order valence-corrected chi connectivity index (χ2v) is 4.50. The number of aliphatic hydroxyl groups is 1. The molecular weight excluding hydrogens is 272 g/mol. The number of hydrogen-bond acceptors (Lipinski definition) is 3. The lowest BCUT2D eigenvalue weighted by Gasteiger charge is -2.12. The number of para-hydroxylation sites is 1. The van der Waals surface area contributed by atoms with E-state index in [1.165, 1.54) is 0 Å². The van der Waals surface area contributed by atoms with Crippen LogP contribution in [0.5, 0.6) is 0 Å². The highest BCUT2D eigenvalue weighted by molar-refractivity contribution is 7.80. The fourth-order valence-electron chi connectivity index (χ4n) is 1.70. The van der Waals surface area contributed by atoms with Gasteiger partial charge in [-0.1, -0.05) is 36.4 Å². The van der Waals surface area contributed by atoms with Crippen LogP contribution in [0.25, 0.3) is 0 Å². The molecule has 0 aliphatic rings. The van der Waals surface area contributed by atoms with Gasteiger partial charge in [0.25, 0.3) is 5.91 Å². The standard InChI is InChI=1S/C15H14N2O2S/c18-10-12-8-4-5-9-13(12)16-15(20)17-14(19)11-6-2-1-3-7-11/h1-9,18H,10H2,(H2,16,17,19,20). The molecule has 0 radical (unpaired) electrons. The van der Waals surface area contributed by atoms with E-state index in [1.54, 1.807) is 36.4 Å². The van der Waals surface area contributed by atoms with Crippen LogP contribution in [0.1, 0.15) is 15.9 Å². The first-order valence-electron chi connectivity index (χ1n) is 6.07. The Labute approximate surface area is 122 Å². The summed E-state index contributed by atoms with van der Waals surface area (Å²) in [4.78, 5) is 11.9. The van der Waals surface area contributed by atoms with E-state index in [0.717, 1.165) is 0 Å². The second-order valence-electron chi connectivity index (χ2n) is 4.09. The molecule has 0 aliphatic carbocycles. The van der Waals surface area contributed by atoms with E-state index in [2.05, 4.69) is 10.6 Å². The highest BCUT2D eigenvalue weighted by Gasteiger charge is 2.08. The van der Waals surface area contributed by atoms with Gasteiger partial charge in [-0.05, 0) is 30.4 Å². The summed E-state index contributed by atoms with van der Waals surface area (Å²) < 4.78 is 0. The summed E-state index contributed by atoms with van der Waals surface area (Å²) in [7, 11) is 0. The molecule has 3 N–H and O–H groups in total. The van der Waals surface area contributed by atoms with Gasteiger partial charge in [0.2, 0.25) is 0 Å². The molecule has 0 heterocycles. The third kappa shape index (κ3) is 3.63. The van der Waals surface area contributed by atoms with Gasteiger partial charge < -0.3 is 10.4 Å². The van der Waals surface area contributed by atoms with Crippen molar-refractivity contribution in [1.82, 2.24) is 5.32 Å². The minimum Gasteiger partial charge on any atom is -0.392 e. The topological polar surface area (TPSA) is 61.4 Å². The summed E-state index contributed by atoms with van der Waals surface area (Å²) in [6.45, 7) is -0.0988. The van der Waals surface area contributed by atoms with E-state index in [0.29, 0.717) is 16.8 Å². The van der Waals surface area contributed by atoms with Crippen LogP contribution in [0.15, 0.2) is 54.6 Å². The van der Waals surface area contributed by atoms with Gasteiger partial charge in [-0.25, -0.2) is 0 Å². The predicted octanol–water partition coefficient (Wildman–Crippen LogP) is 2.31. The van der Waals surface area contributed by atoms with Crippen molar-refractivity contribution in [3.63, 3.8) is 0 Å². The van der Waals surface area contributed by atoms with Gasteiger partial charge in [0.05, 0.1) is 6.61 Å². The van der Waals surface area contributed by atoms with Crippen molar-refractivity contribution in [1.29, 1.82) is 0 Å². The minimum atomic E-state index is -0.274. The number of carbonyl (C=O) groups excluding carboxylic acids is 1. The number of carbonyl (C=O) groups is 1. The number of benzene rings is 2. The average molecular weight is 286 g/mol. The molecule has 0 unspecified atom stereocenters. The van der Waals surface area contributed by atoms with Gasteiger partial charge in [0.1, 0.15) is 0 Å². The first-order valence-corrected chi connectivity index (χ1v) is 6.47. The van der Waals surface area contributed by atoms with E-state index in [1.807, 2.05) is 18.2 Å². The zero-order chi connectivity index (χ0) is 14.4. The molecule has 2 aromatic rings. The molecule has 20 heavy (non-hydrogen) atoms. The number of rotatable bonds is 3. The first-order chi connectivity index (χ1) is 9.70. The molecule has 0 fully saturated rings. The van der Waals surface area contributed by atoms with Crippen molar-refractivity contribution < 1.29 is 9.90 Å². The Morgan fingerprint density at radius 3 is 2.40 bits per heavy atom. The van der Waals surface area contributed by atoms with E-state index in [-0.39, 0.29) is 17.6 Å². The molecule has 0 saturated carbocycles. The van der Waals surface area contributed by atoms with Gasteiger partial charge in [-0.15, -0.1) is 0 Å². The van der Waals surface area contributed by atoms with Gasteiger partial charge in [0, 0.05) is 16.8 Å². The summed E-state index contributed by atoms with van der Waals surface area (Å²) in [6, 6.07) is 16.0. The number of hydrogen-bond donors (Lipinski definition) is 3. The van der Waals surface area contributed by atoms with Crippen LogP contribution in [0.3, 0.4) is 0 Å². The van der Waals surface area contributed by atoms with Gasteiger partial charge in [-0.2, -0.15) is 0 Å². The van der Waals surface area contributed by atoms with Crippen molar-refractivity contribution in [2.75, 3.05) is 5.32 Å². The molecule has 102 valence electrons. The quantitative estimate of drug-likeness (QED) is 0.758. The van der Waals surface area contributed by atoms with Crippen LogP contribution >= 0.6 is 12.2 Å². The number of nitrogens with one attached hydrogen (secondary N) is 2. The molecule has 0 aromatic heterocycles. The maximum atomic E-state index is 11.9. The number of anilines is 1. The van der Waals surface area contributed by atoms with Gasteiger partial charge in [0.15, 0.2) is 5.11 Å². The maximum Gasteiger partial charge on any atom is 0.257 e. The highest BCUT2D eigenvalue weighted by atomic mass is 32.1. The molecule has 4 nitrogen and oxygen atoms in total. The van der Waals surface area contributed by atoms with Crippen molar-refractivity contribution in [2.24, 2.45) is 0 Å². The lowest BCUT2D eigenvalue weighted by atomic mass is 10.2. The lowest BCUT2D eigenvalue weighted by molar-refractivity contribution is 0.0977. The summed E-state index contributed by atoms with van der Waals surface area (Å²) in [5, 5.41) is 14.9. The zero-order valence-corrected chi connectivity index (χ0v) is 11.5. The van der Waals surface area contributed by atoms with Crippen molar-refractivity contribution in [3.8, 4) is 0 Å². The predicted molar refractivity (Wildman–Crippen MR) is 82.5 cm³/mol. The first kappa shape index (κ1) is 14.2. The summed E-state index contributed by atoms with van der Waals surface area (Å²) in [5.74, 6) is -0.274. The Kier molecular flexibility index (Phi) is 4.81. The van der Waals surface area contributed by atoms with E-state index < -0.39 is 0 Å². The zero-order valence-electron chi connectivity index (χ0n) is 10.7. The lowest BCUT2D eigenvalue weighted by Crippen LogP contribution is -2.34. The Hall–Kier alpha value is -2.24. The Morgan fingerprint density at radius 2 is 1.70 bits per heavy atom. The fourth-order valence-corrected chi connectivity index (χ4v) is 1.90. The maximum absolute atomic E-state index is 11.9. The number of thiocarbonyl (C=S) groups is 1. The molecule has 2 rings (SSSR count). The van der Waals surface area contributed by atoms with Crippen LogP contribution in [-0.2, 0) is 6.61 Å². The average Bonchev–Trinajstić information content (AvgIpc) is 2.48. The number of aliphatic hydroxyl groups excluding tert-OH is 1. The van der Waals surface area contributed by atoms with Crippen molar-refractivity contribution in [2.45, 2.75) is 6.61 Å². The third-order valence-corrected chi connectivity index (χ3v) is 2.90. The van der Waals surface area contributed by atoms with Crippen molar-refractivity contribution in [3.05, 3.63) is 65.7 Å². The molecule has 5 heteroatoms. The van der Waals surface area contributed by atoms with Crippen LogP contribution < -0.4 is 10.6 Å². The number of amides is 1. The summed E-state index contributed by atoms with van der Waals surface area (Å²) >= 11 is 5.10. The third-order valence-electron chi connectivity index (χ3n) is 2.70. The van der Waals surface area contributed by atoms with E-state index >= 15 is 0 Å².